The first-order valence-corrected chi connectivity index (χ1v) is 11.7. The van der Waals surface area contributed by atoms with Gasteiger partial charge in [0.25, 0.3) is 0 Å². The molecular weight excluding hydrogens is 435 g/mol. The third-order valence-electron chi connectivity index (χ3n) is 6.76. The number of aryl methyl sites for hydroxylation is 1. The molecule has 0 amide bonds. The third kappa shape index (κ3) is 4.50. The molecule has 0 spiro atoms. The molecule has 2 aliphatic heterocycles. The molecule has 9 heteroatoms. The van der Waals surface area contributed by atoms with Gasteiger partial charge in [-0.1, -0.05) is 6.07 Å². The highest BCUT2D eigenvalue weighted by Crippen LogP contribution is 2.36. The van der Waals surface area contributed by atoms with Crippen molar-refractivity contribution in [2.24, 2.45) is 7.05 Å². The van der Waals surface area contributed by atoms with Crippen molar-refractivity contribution in [3.63, 3.8) is 0 Å². The smallest absolute Gasteiger partial charge is 0.147 e. The number of hydrogen-bond donors (Lipinski definition) is 3. The average Bonchev–Trinajstić information content (AvgIpc) is 3.41. The van der Waals surface area contributed by atoms with E-state index in [4.69, 9.17) is 0 Å². The van der Waals surface area contributed by atoms with Crippen LogP contribution in [0.15, 0.2) is 43.0 Å². The number of phenolic OH excluding ortho intramolecular Hbond substituents is 1. The number of nitrogens with one attached hydrogen (secondary N) is 1. The fourth-order valence-corrected chi connectivity index (χ4v) is 5.17. The lowest BCUT2D eigenvalue weighted by Crippen LogP contribution is -2.58. The first kappa shape index (κ1) is 22.7. The molecule has 0 radical (unpaired) electrons. The average molecular weight is 467 g/mol. The molecule has 1 aromatic carbocycles. The number of anilines is 1. The maximum Gasteiger partial charge on any atom is 0.147 e. The Morgan fingerprint density at radius 1 is 1.18 bits per heavy atom. The van der Waals surface area contributed by atoms with Gasteiger partial charge < -0.3 is 20.4 Å². The number of fused-ring (bicyclic) bond motifs is 2. The SMILES string of the molecule is Cn1cc(-c2ccc(-c3cnc(N(CC(C)(C)O)[C@H]4CC5CCC(N5)[C@H]4F)cn3)c(O)c2)cn1. The highest BCUT2D eigenvalue weighted by molar-refractivity contribution is 5.73. The third-order valence-corrected chi connectivity index (χ3v) is 6.76. The van der Waals surface area contributed by atoms with E-state index in [9.17, 15) is 10.2 Å². The summed E-state index contributed by atoms with van der Waals surface area (Å²) < 4.78 is 17.1. The molecule has 2 saturated heterocycles. The van der Waals surface area contributed by atoms with E-state index in [-0.39, 0.29) is 30.4 Å². The first-order valence-electron chi connectivity index (χ1n) is 11.7. The van der Waals surface area contributed by atoms with Crippen LogP contribution in [0.3, 0.4) is 0 Å². The summed E-state index contributed by atoms with van der Waals surface area (Å²) in [6.45, 7) is 3.68. The first-order chi connectivity index (χ1) is 16.2. The fraction of sp³-hybridized carbons (Fsp3) is 0.480. The molecule has 5 rings (SSSR count). The Labute approximate surface area is 198 Å². The van der Waals surface area contributed by atoms with E-state index in [0.29, 0.717) is 23.5 Å². The van der Waals surface area contributed by atoms with Crippen molar-refractivity contribution < 1.29 is 14.6 Å². The van der Waals surface area contributed by atoms with Crippen LogP contribution in [0.1, 0.15) is 33.1 Å². The van der Waals surface area contributed by atoms with Crippen LogP contribution in [-0.4, -0.2) is 66.4 Å². The number of alkyl halides is 1. The molecule has 2 unspecified atom stereocenters. The summed E-state index contributed by atoms with van der Waals surface area (Å²) in [5.41, 5.74) is 1.81. The monoisotopic (exact) mass is 466 g/mol. The Balaban J connectivity index is 1.42. The Morgan fingerprint density at radius 3 is 2.65 bits per heavy atom. The number of piperidine rings is 1. The molecular formula is C25H31FN6O2. The van der Waals surface area contributed by atoms with Crippen LogP contribution in [0.5, 0.6) is 5.75 Å². The topological polar surface area (TPSA) is 99.3 Å². The van der Waals surface area contributed by atoms with Crippen LogP contribution in [0, 0.1) is 0 Å². The second-order valence-electron chi connectivity index (χ2n) is 10.1. The zero-order chi connectivity index (χ0) is 24.0. The summed E-state index contributed by atoms with van der Waals surface area (Å²) in [5, 5.41) is 28.7. The van der Waals surface area contributed by atoms with Crippen LogP contribution in [-0.2, 0) is 7.05 Å². The predicted octanol–water partition coefficient (Wildman–Crippen LogP) is 3.06. The lowest BCUT2D eigenvalue weighted by atomic mass is 9.94. The molecule has 2 aliphatic rings. The molecule has 2 bridgehead atoms. The van der Waals surface area contributed by atoms with Gasteiger partial charge in [-0.2, -0.15) is 5.10 Å². The minimum absolute atomic E-state index is 0.0931. The number of aliphatic hydroxyl groups is 1. The van der Waals surface area contributed by atoms with Gasteiger partial charge in [0.2, 0.25) is 0 Å². The molecule has 0 aliphatic carbocycles. The minimum atomic E-state index is -1.05. The fourth-order valence-electron chi connectivity index (χ4n) is 5.17. The predicted molar refractivity (Wildman–Crippen MR) is 128 cm³/mol. The number of benzene rings is 1. The largest absolute Gasteiger partial charge is 0.507 e. The van der Waals surface area contributed by atoms with Gasteiger partial charge in [0, 0.05) is 43.0 Å². The number of phenols is 1. The van der Waals surface area contributed by atoms with Gasteiger partial charge in [0.15, 0.2) is 0 Å². The second kappa shape index (κ2) is 8.63. The number of aromatic nitrogens is 4. The zero-order valence-electron chi connectivity index (χ0n) is 19.7. The van der Waals surface area contributed by atoms with E-state index >= 15 is 4.39 Å². The van der Waals surface area contributed by atoms with Crippen molar-refractivity contribution in [3.05, 3.63) is 43.0 Å². The Hall–Kier alpha value is -3.04. The van der Waals surface area contributed by atoms with Crippen LogP contribution in [0.2, 0.25) is 0 Å². The van der Waals surface area contributed by atoms with Gasteiger partial charge >= 0.3 is 0 Å². The molecule has 4 atom stereocenters. The summed E-state index contributed by atoms with van der Waals surface area (Å²) in [6.07, 6.45) is 8.23. The minimum Gasteiger partial charge on any atom is -0.507 e. The lowest BCUT2D eigenvalue weighted by molar-refractivity contribution is 0.0767. The van der Waals surface area contributed by atoms with Gasteiger partial charge in [-0.25, -0.2) is 9.37 Å². The number of rotatable bonds is 6. The van der Waals surface area contributed by atoms with E-state index in [2.05, 4.69) is 20.4 Å². The second-order valence-corrected chi connectivity index (χ2v) is 10.1. The van der Waals surface area contributed by atoms with E-state index < -0.39 is 11.8 Å². The Bertz CT molecular complexity index is 1160. The van der Waals surface area contributed by atoms with Crippen LogP contribution in [0.4, 0.5) is 10.2 Å². The van der Waals surface area contributed by atoms with E-state index in [1.54, 1.807) is 49.3 Å². The van der Waals surface area contributed by atoms with E-state index in [1.165, 1.54) is 0 Å². The molecule has 2 fully saturated rings. The van der Waals surface area contributed by atoms with Gasteiger partial charge in [0.05, 0.1) is 35.9 Å². The van der Waals surface area contributed by atoms with Crippen molar-refractivity contribution in [1.29, 1.82) is 0 Å². The van der Waals surface area contributed by atoms with Gasteiger partial charge in [-0.05, 0) is 50.8 Å². The van der Waals surface area contributed by atoms with Crippen LogP contribution >= 0.6 is 0 Å². The maximum atomic E-state index is 15.4. The number of nitrogens with zero attached hydrogens (tertiary/aromatic N) is 5. The van der Waals surface area contributed by atoms with Crippen LogP contribution in [0.25, 0.3) is 22.4 Å². The molecule has 180 valence electrons. The zero-order valence-corrected chi connectivity index (χ0v) is 19.7. The van der Waals surface area contributed by atoms with Crippen LogP contribution < -0.4 is 10.2 Å². The van der Waals surface area contributed by atoms with E-state index in [0.717, 1.165) is 24.0 Å². The summed E-state index contributed by atoms with van der Waals surface area (Å²) in [6, 6.07) is 5.14. The highest BCUT2D eigenvalue weighted by Gasteiger charge is 2.45. The molecule has 8 nitrogen and oxygen atoms in total. The molecule has 4 heterocycles. The maximum absolute atomic E-state index is 15.4. The summed E-state index contributed by atoms with van der Waals surface area (Å²) in [5.74, 6) is 0.613. The van der Waals surface area contributed by atoms with E-state index in [1.807, 2.05) is 24.2 Å². The van der Waals surface area contributed by atoms with Crippen molar-refractivity contribution in [2.75, 3.05) is 11.4 Å². The molecule has 2 aromatic heterocycles. The van der Waals surface area contributed by atoms with Crippen molar-refractivity contribution >= 4 is 5.82 Å². The molecule has 34 heavy (non-hydrogen) atoms. The van der Waals surface area contributed by atoms with Crippen molar-refractivity contribution in [3.8, 4) is 28.1 Å². The number of hydrogen-bond acceptors (Lipinski definition) is 7. The normalized spacial score (nSPS) is 24.4. The van der Waals surface area contributed by atoms with Crippen molar-refractivity contribution in [2.45, 2.75) is 63.0 Å². The quantitative estimate of drug-likeness (QED) is 0.514. The number of aromatic hydroxyl groups is 1. The Morgan fingerprint density at radius 2 is 2.00 bits per heavy atom. The van der Waals surface area contributed by atoms with Gasteiger partial charge in [-0.3, -0.25) is 9.67 Å². The molecule has 3 N–H and O–H groups in total. The Kier molecular flexibility index (Phi) is 5.77. The standard InChI is InChI=1S/C25H31FN6O2/c1-25(2,34)14-32(21-9-17-5-7-19(30-17)24(21)26)23-12-27-20(11-28-23)18-6-4-15(8-22(18)33)16-10-29-31(3)13-16/h4,6,8,10-13,17,19,21,24,30,33-34H,5,7,9,14H2,1-3H3/t17?,19?,21-,24+/m0/s1. The summed E-state index contributed by atoms with van der Waals surface area (Å²) >= 11 is 0. The van der Waals surface area contributed by atoms with Crippen molar-refractivity contribution in [1.82, 2.24) is 25.1 Å². The number of halogens is 1. The summed E-state index contributed by atoms with van der Waals surface area (Å²) in [4.78, 5) is 11.0. The lowest BCUT2D eigenvalue weighted by Gasteiger charge is -2.42. The van der Waals surface area contributed by atoms with Gasteiger partial charge in [-0.15, -0.1) is 0 Å². The highest BCUT2D eigenvalue weighted by atomic mass is 19.1. The molecule has 3 aromatic rings. The van der Waals surface area contributed by atoms with Gasteiger partial charge in [0.1, 0.15) is 17.7 Å². The molecule has 0 saturated carbocycles. The summed E-state index contributed by atoms with van der Waals surface area (Å²) in [7, 11) is 1.84.